The van der Waals surface area contributed by atoms with Gasteiger partial charge in [0.1, 0.15) is 61.0 Å². The third kappa shape index (κ3) is 6.18. The van der Waals surface area contributed by atoms with Crippen molar-refractivity contribution in [3.8, 4) is 23.0 Å². The Balaban J connectivity index is 1.80. The normalized spacial score (nSPS) is 33.9. The zero-order valence-electron chi connectivity index (χ0n) is 25.2. The fraction of sp³-hybridized carbons (Fsp3) is 0.516. The van der Waals surface area contributed by atoms with Gasteiger partial charge < -0.3 is 70.0 Å². The minimum atomic E-state index is -3.07. The maximum atomic E-state index is 13.2. The number of aromatic hydroxyl groups is 2. The van der Waals surface area contributed by atoms with E-state index in [1.54, 1.807) is 6.92 Å². The summed E-state index contributed by atoms with van der Waals surface area (Å²) >= 11 is 0. The molecule has 0 amide bonds. The largest absolute Gasteiger partial charge is 0.504 e. The average Bonchev–Trinajstić information content (AvgIpc) is 3.05. The van der Waals surface area contributed by atoms with Crippen LogP contribution >= 0.6 is 0 Å². The number of aliphatic hydroxyl groups excluding tert-OH is 7. The highest BCUT2D eigenvalue weighted by Gasteiger charge is 2.66. The molecule has 0 saturated carbocycles. The number of benzene rings is 2. The summed E-state index contributed by atoms with van der Waals surface area (Å²) in [5.41, 5.74) is -2.52. The average molecular weight is 653 g/mol. The molecule has 2 aliphatic heterocycles. The summed E-state index contributed by atoms with van der Waals surface area (Å²) in [5, 5.41) is 109. The van der Waals surface area contributed by atoms with E-state index in [2.05, 4.69) is 0 Å². The van der Waals surface area contributed by atoms with E-state index in [0.29, 0.717) is 11.1 Å². The Morgan fingerprint density at radius 2 is 1.61 bits per heavy atom. The smallest absolute Gasteiger partial charge is 0.186 e. The Bertz CT molecular complexity index is 1410. The molecule has 11 atom stereocenters. The van der Waals surface area contributed by atoms with Crippen LogP contribution in [0, 0.1) is 0 Å². The summed E-state index contributed by atoms with van der Waals surface area (Å²) in [6, 6.07) is 7.18. The second-order valence-electron chi connectivity index (χ2n) is 11.2. The van der Waals surface area contributed by atoms with Crippen LogP contribution in [0.15, 0.2) is 36.4 Å². The van der Waals surface area contributed by atoms with Gasteiger partial charge in [0.25, 0.3) is 0 Å². The first-order chi connectivity index (χ1) is 21.8. The number of hydrogen-bond donors (Lipinski definition) is 10. The number of phenolic OH excluding ortho intramolecular Hbond substituents is 2. The lowest BCUT2D eigenvalue weighted by atomic mass is 9.70. The predicted molar refractivity (Wildman–Crippen MR) is 157 cm³/mol. The fourth-order valence-corrected chi connectivity index (χ4v) is 5.96. The highest BCUT2D eigenvalue weighted by molar-refractivity contribution is 5.97. The first kappa shape index (κ1) is 35.5. The molecular formula is C31H40O15. The summed E-state index contributed by atoms with van der Waals surface area (Å²) in [5.74, 6) is -1.71. The lowest BCUT2D eigenvalue weighted by Gasteiger charge is -2.55. The lowest BCUT2D eigenvalue weighted by Crippen LogP contribution is -2.76. The molecule has 10 N–H and O–H groups in total. The SMILES string of the molecule is CCc1ccc(OC)c(O)c1C1O[C@H](C(O)C(=O)C=Cc2ccc(OC)c(O)c2)[C@@H](O)[C@@](O)(C2O[C@H](CO)[C@@H](O)[C@H](O)[C@H]2O)[C@H]1O. The third-order valence-electron chi connectivity index (χ3n) is 8.60. The second-order valence-corrected chi connectivity index (χ2v) is 11.2. The summed E-state index contributed by atoms with van der Waals surface area (Å²) in [6.45, 7) is 0.798. The van der Waals surface area contributed by atoms with Gasteiger partial charge in [0.15, 0.2) is 34.4 Å². The number of aryl methyl sites for hydroxylation is 1. The summed E-state index contributed by atoms with van der Waals surface area (Å²) in [4.78, 5) is 13.2. The van der Waals surface area contributed by atoms with E-state index >= 15 is 0 Å². The number of rotatable bonds is 10. The van der Waals surface area contributed by atoms with Gasteiger partial charge in [-0.05, 0) is 41.8 Å². The van der Waals surface area contributed by atoms with Crippen molar-refractivity contribution in [3.05, 3.63) is 53.1 Å². The van der Waals surface area contributed by atoms with E-state index in [1.807, 2.05) is 0 Å². The van der Waals surface area contributed by atoms with Gasteiger partial charge in [0, 0.05) is 5.56 Å². The van der Waals surface area contributed by atoms with Gasteiger partial charge in [-0.25, -0.2) is 0 Å². The van der Waals surface area contributed by atoms with Crippen molar-refractivity contribution in [2.24, 2.45) is 0 Å². The molecule has 0 aromatic heterocycles. The molecule has 0 bridgehead atoms. The zero-order chi connectivity index (χ0) is 34.1. The van der Waals surface area contributed by atoms with Crippen molar-refractivity contribution in [1.82, 2.24) is 0 Å². The Kier molecular flexibility index (Phi) is 10.9. The van der Waals surface area contributed by atoms with Gasteiger partial charge in [0.2, 0.25) is 0 Å². The van der Waals surface area contributed by atoms with Gasteiger partial charge in [-0.1, -0.05) is 25.1 Å². The Labute approximate surface area is 263 Å². The number of hydrogen-bond acceptors (Lipinski definition) is 15. The molecule has 254 valence electrons. The van der Waals surface area contributed by atoms with Crippen LogP contribution in [0.2, 0.25) is 0 Å². The van der Waals surface area contributed by atoms with Gasteiger partial charge >= 0.3 is 0 Å². The van der Waals surface area contributed by atoms with Crippen LogP contribution in [0.1, 0.15) is 29.7 Å². The summed E-state index contributed by atoms with van der Waals surface area (Å²) < 4.78 is 21.6. The minimum Gasteiger partial charge on any atom is -0.504 e. The molecule has 15 nitrogen and oxygen atoms in total. The highest BCUT2D eigenvalue weighted by Crippen LogP contribution is 2.48. The molecular weight excluding hydrogens is 612 g/mol. The molecule has 2 saturated heterocycles. The van der Waals surface area contributed by atoms with E-state index in [9.17, 15) is 55.9 Å². The van der Waals surface area contributed by atoms with E-state index in [4.69, 9.17) is 18.9 Å². The molecule has 2 aromatic carbocycles. The van der Waals surface area contributed by atoms with Crippen LogP contribution in [0.5, 0.6) is 23.0 Å². The summed E-state index contributed by atoms with van der Waals surface area (Å²) in [6.07, 6.45) is -18.2. The molecule has 2 fully saturated rings. The van der Waals surface area contributed by atoms with Crippen LogP contribution in [0.4, 0.5) is 0 Å². The number of methoxy groups -OCH3 is 2. The topological polar surface area (TPSA) is 256 Å². The molecule has 0 spiro atoms. The van der Waals surface area contributed by atoms with E-state index in [0.717, 1.165) is 6.08 Å². The molecule has 4 rings (SSSR count). The molecule has 46 heavy (non-hydrogen) atoms. The van der Waals surface area contributed by atoms with Gasteiger partial charge in [-0.2, -0.15) is 0 Å². The molecule has 2 aromatic rings. The van der Waals surface area contributed by atoms with Crippen molar-refractivity contribution >= 4 is 11.9 Å². The third-order valence-corrected chi connectivity index (χ3v) is 8.60. The number of phenols is 2. The number of aliphatic hydroxyl groups is 8. The van der Waals surface area contributed by atoms with Crippen LogP contribution < -0.4 is 9.47 Å². The van der Waals surface area contributed by atoms with E-state index < -0.39 is 84.8 Å². The second kappa shape index (κ2) is 14.2. The molecule has 2 aliphatic rings. The van der Waals surface area contributed by atoms with Crippen LogP contribution in [-0.2, 0) is 20.7 Å². The maximum absolute atomic E-state index is 13.2. The van der Waals surface area contributed by atoms with Gasteiger partial charge in [0.05, 0.1) is 20.8 Å². The van der Waals surface area contributed by atoms with Crippen molar-refractivity contribution in [1.29, 1.82) is 0 Å². The minimum absolute atomic E-state index is 0.0654. The van der Waals surface area contributed by atoms with E-state index in [1.165, 1.54) is 50.6 Å². The quantitative estimate of drug-likeness (QED) is 0.125. The molecule has 0 radical (unpaired) electrons. The van der Waals surface area contributed by atoms with Crippen molar-refractivity contribution in [2.75, 3.05) is 20.8 Å². The van der Waals surface area contributed by atoms with Gasteiger partial charge in [-0.15, -0.1) is 0 Å². The van der Waals surface area contributed by atoms with Crippen LogP contribution in [-0.4, -0.2) is 138 Å². The standard InChI is InChI=1S/C31H40O15/c1-4-14-7-10-18(44-3)22(36)20(14)26-28(40)31(42,30-25(39)24(38)23(37)19(12-32)45-30)29(41)27(46-26)21(35)15(33)8-5-13-6-9-17(43-2)16(34)11-13/h5-11,19,21,23-30,32,34-42H,4,12H2,1-3H3/t19-,21?,23-,24+,25-,26?,27-,28+,29-,30?,31-/m1/s1. The van der Waals surface area contributed by atoms with Crippen molar-refractivity contribution in [2.45, 2.75) is 80.0 Å². The number of ether oxygens (including phenoxy) is 4. The Morgan fingerprint density at radius 1 is 0.957 bits per heavy atom. The zero-order valence-corrected chi connectivity index (χ0v) is 25.2. The number of carbonyl (C=O) groups is 1. The lowest BCUT2D eigenvalue weighted by molar-refractivity contribution is -0.348. The van der Waals surface area contributed by atoms with Crippen molar-refractivity contribution < 1.29 is 74.8 Å². The number of ketones is 1. The van der Waals surface area contributed by atoms with Crippen LogP contribution in [0.25, 0.3) is 6.08 Å². The summed E-state index contributed by atoms with van der Waals surface area (Å²) in [7, 11) is 2.61. The molecule has 2 heterocycles. The molecule has 15 heteroatoms. The predicted octanol–water partition coefficient (Wildman–Crippen LogP) is -1.94. The van der Waals surface area contributed by atoms with E-state index in [-0.39, 0.29) is 29.2 Å². The monoisotopic (exact) mass is 652 g/mol. The molecule has 0 aliphatic carbocycles. The highest BCUT2D eigenvalue weighted by atomic mass is 16.6. The number of carbonyl (C=O) groups excluding carboxylic acids is 1. The first-order valence-corrected chi connectivity index (χ1v) is 14.5. The van der Waals surface area contributed by atoms with Crippen molar-refractivity contribution in [3.63, 3.8) is 0 Å². The fourth-order valence-electron chi connectivity index (χ4n) is 5.96. The Morgan fingerprint density at radius 3 is 2.20 bits per heavy atom. The van der Waals surface area contributed by atoms with Gasteiger partial charge in [-0.3, -0.25) is 4.79 Å². The first-order valence-electron chi connectivity index (χ1n) is 14.5. The van der Waals surface area contributed by atoms with Crippen LogP contribution in [0.3, 0.4) is 0 Å². The molecule has 3 unspecified atom stereocenters. The maximum Gasteiger partial charge on any atom is 0.186 e. The Hall–Kier alpha value is -3.35.